The molecule has 2 amide bonds. The van der Waals surface area contributed by atoms with E-state index in [2.05, 4.69) is 30.6 Å². The van der Waals surface area contributed by atoms with Crippen LogP contribution in [0.25, 0.3) is 16.9 Å². The fourth-order valence-corrected chi connectivity index (χ4v) is 6.39. The maximum Gasteiger partial charge on any atom is 0.400 e. The summed E-state index contributed by atoms with van der Waals surface area (Å²) in [5.41, 5.74) is 2.22. The second-order valence-corrected chi connectivity index (χ2v) is 14.4. The highest BCUT2D eigenvalue weighted by atomic mass is 35.5. The zero-order valence-electron chi connectivity index (χ0n) is 29.2. The molecule has 0 bridgehead atoms. The number of carbonyl (C=O) groups is 2. The first-order valence-corrected chi connectivity index (χ1v) is 17.1. The number of nitrogens with zero attached hydrogens (tertiary/aromatic N) is 8. The highest BCUT2D eigenvalue weighted by Gasteiger charge is 2.59. The number of aromatic nitrogens is 6. The number of nitrogens with two attached hydrogens (primary N) is 1. The molecule has 1 saturated carbocycles. The molecule has 6 rings (SSSR count). The van der Waals surface area contributed by atoms with Crippen LogP contribution in [-0.2, 0) is 15.1 Å². The molecule has 0 unspecified atom stereocenters. The first-order chi connectivity index (χ1) is 25.6. The van der Waals surface area contributed by atoms with Gasteiger partial charge in [-0.1, -0.05) is 55.8 Å². The van der Waals surface area contributed by atoms with Crippen LogP contribution in [0.2, 0.25) is 5.02 Å². The summed E-state index contributed by atoms with van der Waals surface area (Å²) in [6.07, 6.45) is -9.71. The van der Waals surface area contributed by atoms with Gasteiger partial charge in [0.2, 0.25) is 5.91 Å². The molecule has 3 N–H and O–H groups in total. The van der Waals surface area contributed by atoms with E-state index in [1.807, 2.05) is 0 Å². The van der Waals surface area contributed by atoms with Crippen LogP contribution in [-0.4, -0.2) is 71.3 Å². The van der Waals surface area contributed by atoms with E-state index < -0.39 is 78.3 Å². The fourth-order valence-electron chi connectivity index (χ4n) is 6.19. The van der Waals surface area contributed by atoms with Gasteiger partial charge in [0.25, 0.3) is 12.3 Å². The van der Waals surface area contributed by atoms with Gasteiger partial charge >= 0.3 is 12.4 Å². The lowest BCUT2D eigenvalue weighted by Crippen LogP contribution is -2.51. The Balaban J connectivity index is 1.45. The van der Waals surface area contributed by atoms with Crippen LogP contribution in [0.3, 0.4) is 0 Å². The summed E-state index contributed by atoms with van der Waals surface area (Å²) in [4.78, 5) is 37.8. The zero-order valence-corrected chi connectivity index (χ0v) is 30.0. The van der Waals surface area contributed by atoms with E-state index in [-0.39, 0.29) is 27.9 Å². The van der Waals surface area contributed by atoms with Gasteiger partial charge in [0.1, 0.15) is 17.9 Å². The predicted molar refractivity (Wildman–Crippen MR) is 181 cm³/mol. The molecule has 0 spiro atoms. The van der Waals surface area contributed by atoms with E-state index >= 15 is 0 Å². The van der Waals surface area contributed by atoms with Crippen LogP contribution in [0, 0.1) is 11.3 Å². The minimum Gasteiger partial charge on any atom is -0.369 e. The number of nitrogens with one attached hydrogen (secondary N) is 1. The zero-order chi connectivity index (χ0) is 40.2. The third kappa shape index (κ3) is 7.59. The average Bonchev–Trinajstić information content (AvgIpc) is 3.52. The third-order valence-corrected chi connectivity index (χ3v) is 9.97. The summed E-state index contributed by atoms with van der Waals surface area (Å²) < 4.78 is 112. The Morgan fingerprint density at radius 3 is 2.33 bits per heavy atom. The normalized spacial score (nSPS) is 19.2. The molecule has 1 aliphatic heterocycles. The van der Waals surface area contributed by atoms with Gasteiger partial charge in [-0.15, -0.1) is 0 Å². The lowest BCUT2D eigenvalue weighted by Gasteiger charge is -2.37. The van der Waals surface area contributed by atoms with E-state index in [0.717, 1.165) is 44.0 Å². The quantitative estimate of drug-likeness (QED) is 0.149. The minimum atomic E-state index is -4.95. The van der Waals surface area contributed by atoms with Crippen LogP contribution < -0.4 is 11.1 Å². The largest absolute Gasteiger partial charge is 0.400 e. The molecule has 3 atom stereocenters. The van der Waals surface area contributed by atoms with Crippen molar-refractivity contribution in [2.45, 2.75) is 76.4 Å². The molecular formula is C34H33ClF8N10O2. The molecule has 4 aromatic rings. The topological polar surface area (TPSA) is 149 Å². The van der Waals surface area contributed by atoms with Gasteiger partial charge in [-0.05, 0) is 49.4 Å². The summed E-state index contributed by atoms with van der Waals surface area (Å²) in [6, 6.07) is 8.11. The first kappa shape index (κ1) is 39.6. The Labute approximate surface area is 312 Å². The van der Waals surface area contributed by atoms with Crippen molar-refractivity contribution in [2.24, 2.45) is 22.1 Å². The summed E-state index contributed by atoms with van der Waals surface area (Å²) in [6.45, 7) is 1.58. The number of carbonyl (C=O) groups excluding carboxylic acids is 2. The number of hydrogen-bond donors (Lipinski definition) is 2. The van der Waals surface area contributed by atoms with E-state index in [4.69, 9.17) is 17.3 Å². The molecule has 12 nitrogen and oxygen atoms in total. The standard InChI is InChI=1S/C34H33ClF8N10O2/c1-17(33(38,39)40)28(54)45-14-25(19-6-11-22(35)24(12-19)52-27(26(36)37)46-16-48-52)51-29(55)32(49-30(51)44,15-31(2,3)34(41,42)43)20-7-4-18(5-8-20)23-13-47-53(50-23)21-9-10-21/h4-8,11-13,16-17,21,25-26H,9-10,14-15H2,1-3H3,(H2,44,49)(H,45,54)/t17-,25+,32+/m0/s1. The monoisotopic (exact) mass is 800 g/mol. The molecule has 2 aromatic heterocycles. The van der Waals surface area contributed by atoms with Crippen molar-refractivity contribution in [2.75, 3.05) is 6.54 Å². The van der Waals surface area contributed by atoms with Crippen molar-refractivity contribution in [1.29, 1.82) is 0 Å². The van der Waals surface area contributed by atoms with E-state index in [1.54, 1.807) is 4.80 Å². The van der Waals surface area contributed by atoms with Crippen molar-refractivity contribution < 1.29 is 44.7 Å². The van der Waals surface area contributed by atoms with Crippen LogP contribution in [0.15, 0.2) is 60.0 Å². The number of hydrogen-bond acceptors (Lipinski definition) is 8. The van der Waals surface area contributed by atoms with Gasteiger partial charge in [-0.3, -0.25) is 14.5 Å². The summed E-state index contributed by atoms with van der Waals surface area (Å²) >= 11 is 6.35. The Kier molecular flexibility index (Phi) is 10.2. The number of aliphatic imine (C=N–C) groups is 1. The van der Waals surface area contributed by atoms with E-state index in [0.29, 0.717) is 22.9 Å². The smallest absolute Gasteiger partial charge is 0.369 e. The molecule has 294 valence electrons. The van der Waals surface area contributed by atoms with Crippen molar-refractivity contribution in [3.63, 3.8) is 0 Å². The highest BCUT2D eigenvalue weighted by molar-refractivity contribution is 6.32. The lowest BCUT2D eigenvalue weighted by molar-refractivity contribution is -0.218. The summed E-state index contributed by atoms with van der Waals surface area (Å²) in [5.74, 6) is -6.57. The lowest BCUT2D eigenvalue weighted by atomic mass is 9.74. The van der Waals surface area contributed by atoms with Crippen LogP contribution in [0.1, 0.15) is 75.5 Å². The average molecular weight is 801 g/mol. The van der Waals surface area contributed by atoms with E-state index in [9.17, 15) is 44.7 Å². The molecule has 2 aliphatic rings. The number of amides is 2. The molecule has 3 heterocycles. The third-order valence-electron chi connectivity index (χ3n) is 9.65. The summed E-state index contributed by atoms with van der Waals surface area (Å²) in [7, 11) is 0. The molecule has 1 aliphatic carbocycles. The van der Waals surface area contributed by atoms with E-state index in [1.165, 1.54) is 42.6 Å². The molecule has 21 heteroatoms. The first-order valence-electron chi connectivity index (χ1n) is 16.8. The number of halogens is 9. The van der Waals surface area contributed by atoms with Gasteiger partial charge in [0.15, 0.2) is 17.3 Å². The number of rotatable bonds is 12. The molecule has 55 heavy (non-hydrogen) atoms. The Morgan fingerprint density at radius 2 is 1.73 bits per heavy atom. The minimum absolute atomic E-state index is 0.00641. The van der Waals surface area contributed by atoms with Crippen LogP contribution in [0.4, 0.5) is 35.1 Å². The van der Waals surface area contributed by atoms with Crippen molar-refractivity contribution in [3.8, 4) is 16.9 Å². The SMILES string of the molecule is C[C@@H](C(=O)NC[C@H](c1ccc(Cl)c(-n2ncnc2C(F)F)c1)N1C(=O)[C@@](CC(C)(C)C(F)(F)F)(c2ccc(-c3cnn(C4CC4)n3)cc2)N=C1N)C(F)(F)F. The second-order valence-electron chi connectivity index (χ2n) is 14.0. The van der Waals surface area contributed by atoms with Gasteiger partial charge in [0.05, 0.1) is 34.4 Å². The second kappa shape index (κ2) is 14.2. The Bertz CT molecular complexity index is 2110. The number of alkyl halides is 8. The maximum atomic E-state index is 14.9. The Hall–Kier alpha value is -5.14. The van der Waals surface area contributed by atoms with Crippen molar-refractivity contribution in [1.82, 2.24) is 40.0 Å². The fraction of sp³-hybridized carbons (Fsp3) is 0.441. The molecule has 0 radical (unpaired) electrons. The molecular weight excluding hydrogens is 768 g/mol. The van der Waals surface area contributed by atoms with Gasteiger partial charge in [-0.25, -0.2) is 23.4 Å². The van der Waals surface area contributed by atoms with Crippen molar-refractivity contribution in [3.05, 3.63) is 77.0 Å². The van der Waals surface area contributed by atoms with Gasteiger partial charge < -0.3 is 11.1 Å². The van der Waals surface area contributed by atoms with Gasteiger partial charge in [0, 0.05) is 12.1 Å². The van der Waals surface area contributed by atoms with Crippen molar-refractivity contribution >= 4 is 29.4 Å². The molecule has 0 saturated heterocycles. The Morgan fingerprint density at radius 1 is 1.05 bits per heavy atom. The highest BCUT2D eigenvalue weighted by Crippen LogP contribution is 2.51. The predicted octanol–water partition coefficient (Wildman–Crippen LogP) is 6.84. The maximum absolute atomic E-state index is 14.9. The molecule has 2 aromatic carbocycles. The summed E-state index contributed by atoms with van der Waals surface area (Å²) in [5, 5.41) is 14.5. The number of guanidine groups is 1. The van der Waals surface area contributed by atoms with Gasteiger partial charge in [-0.2, -0.15) is 46.4 Å². The molecule has 1 fully saturated rings. The number of benzene rings is 2. The van der Waals surface area contributed by atoms with Crippen LogP contribution in [0.5, 0.6) is 0 Å². The van der Waals surface area contributed by atoms with Crippen LogP contribution >= 0.6 is 11.6 Å².